The van der Waals surface area contributed by atoms with Crippen LogP contribution in [0, 0.1) is 5.41 Å². The zero-order chi connectivity index (χ0) is 13.2. The lowest BCUT2D eigenvalue weighted by Crippen LogP contribution is -2.30. The number of hydrogen-bond donors (Lipinski definition) is 2. The standard InChI is InChI=1S/C13H18N2O3/c1-17-9-3-4-10(11(7-9)18-2)15-12(16)13(8-14)5-6-13/h3-4,7H,5-6,8,14H2,1-2H3,(H,15,16). The van der Waals surface area contributed by atoms with Crippen molar-refractivity contribution in [2.75, 3.05) is 26.1 Å². The van der Waals surface area contributed by atoms with Crippen LogP contribution < -0.4 is 20.5 Å². The Kier molecular flexibility index (Phi) is 3.43. The van der Waals surface area contributed by atoms with Crippen molar-refractivity contribution in [2.24, 2.45) is 11.1 Å². The molecule has 0 bridgehead atoms. The van der Waals surface area contributed by atoms with Crippen LogP contribution >= 0.6 is 0 Å². The van der Waals surface area contributed by atoms with Crippen LogP contribution in [0.4, 0.5) is 5.69 Å². The molecule has 1 saturated carbocycles. The molecule has 0 unspecified atom stereocenters. The van der Waals surface area contributed by atoms with Crippen LogP contribution in [-0.4, -0.2) is 26.7 Å². The summed E-state index contributed by atoms with van der Waals surface area (Å²) in [4.78, 5) is 12.1. The molecule has 18 heavy (non-hydrogen) atoms. The highest BCUT2D eigenvalue weighted by Gasteiger charge is 2.48. The fourth-order valence-electron chi connectivity index (χ4n) is 1.83. The van der Waals surface area contributed by atoms with Crippen LogP contribution in [0.3, 0.4) is 0 Å². The van der Waals surface area contributed by atoms with Crippen LogP contribution in [0.1, 0.15) is 12.8 Å². The topological polar surface area (TPSA) is 73.6 Å². The number of anilines is 1. The fourth-order valence-corrected chi connectivity index (χ4v) is 1.83. The van der Waals surface area contributed by atoms with Gasteiger partial charge in [-0.15, -0.1) is 0 Å². The van der Waals surface area contributed by atoms with Crippen LogP contribution in [0.5, 0.6) is 11.5 Å². The number of carbonyl (C=O) groups excluding carboxylic acids is 1. The van der Waals surface area contributed by atoms with Crippen molar-refractivity contribution in [3.8, 4) is 11.5 Å². The third kappa shape index (κ3) is 2.26. The van der Waals surface area contributed by atoms with E-state index in [-0.39, 0.29) is 11.3 Å². The van der Waals surface area contributed by atoms with Gasteiger partial charge in [-0.25, -0.2) is 0 Å². The van der Waals surface area contributed by atoms with Crippen LogP contribution in [-0.2, 0) is 4.79 Å². The first kappa shape index (κ1) is 12.7. The van der Waals surface area contributed by atoms with Crippen molar-refractivity contribution >= 4 is 11.6 Å². The molecule has 5 nitrogen and oxygen atoms in total. The molecular weight excluding hydrogens is 232 g/mol. The predicted octanol–water partition coefficient (Wildman–Crippen LogP) is 1.38. The summed E-state index contributed by atoms with van der Waals surface area (Å²) in [6.07, 6.45) is 1.71. The maximum Gasteiger partial charge on any atom is 0.231 e. The highest BCUT2D eigenvalue weighted by molar-refractivity contribution is 5.98. The van der Waals surface area contributed by atoms with E-state index < -0.39 is 0 Å². The lowest BCUT2D eigenvalue weighted by atomic mass is 10.1. The van der Waals surface area contributed by atoms with Crippen LogP contribution in [0.2, 0.25) is 0 Å². The molecule has 5 heteroatoms. The zero-order valence-corrected chi connectivity index (χ0v) is 10.7. The molecular formula is C13H18N2O3. The molecule has 1 aliphatic rings. The number of hydrogen-bond acceptors (Lipinski definition) is 4. The van der Waals surface area contributed by atoms with Crippen LogP contribution in [0.15, 0.2) is 18.2 Å². The minimum Gasteiger partial charge on any atom is -0.497 e. The van der Waals surface area contributed by atoms with E-state index >= 15 is 0 Å². The van der Waals surface area contributed by atoms with Crippen molar-refractivity contribution in [3.63, 3.8) is 0 Å². The predicted molar refractivity (Wildman–Crippen MR) is 68.9 cm³/mol. The summed E-state index contributed by atoms with van der Waals surface area (Å²) in [5.41, 5.74) is 5.90. The molecule has 1 aliphatic carbocycles. The summed E-state index contributed by atoms with van der Waals surface area (Å²) in [5, 5.41) is 2.87. The number of ether oxygens (including phenoxy) is 2. The molecule has 1 amide bonds. The van der Waals surface area contributed by atoms with Gasteiger partial charge in [-0.2, -0.15) is 0 Å². The fraction of sp³-hybridized carbons (Fsp3) is 0.462. The molecule has 0 heterocycles. The first-order chi connectivity index (χ1) is 8.65. The molecule has 98 valence electrons. The smallest absolute Gasteiger partial charge is 0.231 e. The molecule has 1 aromatic rings. The maximum absolute atomic E-state index is 12.1. The van der Waals surface area contributed by atoms with Gasteiger partial charge in [-0.05, 0) is 25.0 Å². The van der Waals surface area contributed by atoms with Crippen molar-refractivity contribution < 1.29 is 14.3 Å². The third-order valence-corrected chi connectivity index (χ3v) is 3.38. The van der Waals surface area contributed by atoms with E-state index in [1.165, 1.54) is 0 Å². The first-order valence-corrected chi connectivity index (χ1v) is 5.89. The molecule has 3 N–H and O–H groups in total. The molecule has 1 aromatic carbocycles. The Morgan fingerprint density at radius 2 is 2.11 bits per heavy atom. The monoisotopic (exact) mass is 250 g/mol. The van der Waals surface area contributed by atoms with E-state index in [1.54, 1.807) is 32.4 Å². The number of benzene rings is 1. The van der Waals surface area contributed by atoms with Gasteiger partial charge in [-0.1, -0.05) is 0 Å². The lowest BCUT2D eigenvalue weighted by Gasteiger charge is -2.15. The number of amides is 1. The molecule has 0 atom stereocenters. The molecule has 0 radical (unpaired) electrons. The van der Waals surface area contributed by atoms with Gasteiger partial charge >= 0.3 is 0 Å². The number of rotatable bonds is 5. The molecule has 0 spiro atoms. The van der Waals surface area contributed by atoms with Crippen molar-refractivity contribution in [2.45, 2.75) is 12.8 Å². The number of nitrogens with two attached hydrogens (primary N) is 1. The van der Waals surface area contributed by atoms with Gasteiger partial charge in [0, 0.05) is 12.6 Å². The van der Waals surface area contributed by atoms with E-state index in [1.807, 2.05) is 0 Å². The van der Waals surface area contributed by atoms with Gasteiger partial charge in [0.1, 0.15) is 11.5 Å². The summed E-state index contributed by atoms with van der Waals surface area (Å²) in [7, 11) is 3.14. The summed E-state index contributed by atoms with van der Waals surface area (Å²) in [6.45, 7) is 0.386. The Labute approximate surface area is 106 Å². The molecule has 2 rings (SSSR count). The van der Waals surface area contributed by atoms with Crippen molar-refractivity contribution in [3.05, 3.63) is 18.2 Å². The van der Waals surface area contributed by atoms with Gasteiger partial charge in [-0.3, -0.25) is 4.79 Å². The van der Waals surface area contributed by atoms with Gasteiger partial charge in [0.15, 0.2) is 0 Å². The highest BCUT2D eigenvalue weighted by Crippen LogP contribution is 2.45. The van der Waals surface area contributed by atoms with Gasteiger partial charge in [0.05, 0.1) is 25.3 Å². The minimum absolute atomic E-state index is 0.0338. The van der Waals surface area contributed by atoms with Crippen LogP contribution in [0.25, 0.3) is 0 Å². The second-order valence-electron chi connectivity index (χ2n) is 4.50. The summed E-state index contributed by atoms with van der Waals surface area (Å²) in [6, 6.07) is 5.28. The SMILES string of the molecule is COc1ccc(NC(=O)C2(CN)CC2)c(OC)c1. The number of nitrogens with one attached hydrogen (secondary N) is 1. The van der Waals surface area contributed by atoms with E-state index in [4.69, 9.17) is 15.2 Å². The average Bonchev–Trinajstić information content (AvgIpc) is 3.20. The van der Waals surface area contributed by atoms with E-state index in [0.717, 1.165) is 12.8 Å². The Balaban J connectivity index is 2.16. The summed E-state index contributed by atoms with van der Waals surface area (Å²) < 4.78 is 10.3. The number of methoxy groups -OCH3 is 2. The lowest BCUT2D eigenvalue weighted by molar-refractivity contribution is -0.120. The minimum atomic E-state index is -0.370. The second kappa shape index (κ2) is 4.86. The Morgan fingerprint density at radius 3 is 2.61 bits per heavy atom. The second-order valence-corrected chi connectivity index (χ2v) is 4.50. The molecule has 0 aliphatic heterocycles. The summed E-state index contributed by atoms with van der Waals surface area (Å²) in [5.74, 6) is 1.23. The Morgan fingerprint density at radius 1 is 1.39 bits per heavy atom. The van der Waals surface area contributed by atoms with Gasteiger partial charge in [0.2, 0.25) is 5.91 Å². The molecule has 0 saturated heterocycles. The Hall–Kier alpha value is -1.75. The van der Waals surface area contributed by atoms with E-state index in [9.17, 15) is 4.79 Å². The van der Waals surface area contributed by atoms with Crippen molar-refractivity contribution in [1.82, 2.24) is 0 Å². The number of carbonyl (C=O) groups is 1. The first-order valence-electron chi connectivity index (χ1n) is 5.89. The normalized spacial score (nSPS) is 15.9. The molecule has 0 aromatic heterocycles. The third-order valence-electron chi connectivity index (χ3n) is 3.38. The van der Waals surface area contributed by atoms with E-state index in [0.29, 0.717) is 23.7 Å². The van der Waals surface area contributed by atoms with Crippen molar-refractivity contribution in [1.29, 1.82) is 0 Å². The van der Waals surface area contributed by atoms with Gasteiger partial charge < -0.3 is 20.5 Å². The Bertz CT molecular complexity index is 456. The zero-order valence-electron chi connectivity index (χ0n) is 10.7. The quantitative estimate of drug-likeness (QED) is 0.828. The van der Waals surface area contributed by atoms with Gasteiger partial charge in [0.25, 0.3) is 0 Å². The average molecular weight is 250 g/mol. The summed E-state index contributed by atoms with van der Waals surface area (Å²) >= 11 is 0. The molecule has 1 fully saturated rings. The maximum atomic E-state index is 12.1. The van der Waals surface area contributed by atoms with E-state index in [2.05, 4.69) is 5.32 Å². The highest BCUT2D eigenvalue weighted by atomic mass is 16.5. The largest absolute Gasteiger partial charge is 0.497 e.